The third kappa shape index (κ3) is 11.3. The zero-order valence-electron chi connectivity index (χ0n) is 36.8. The molecule has 0 saturated carbocycles. The van der Waals surface area contributed by atoms with Crippen molar-refractivity contribution in [3.8, 4) is 39.9 Å². The topological polar surface area (TPSA) is 273 Å². The van der Waals surface area contributed by atoms with Crippen LogP contribution in [-0.2, 0) is 4.79 Å². The van der Waals surface area contributed by atoms with Crippen LogP contribution >= 0.6 is 0 Å². The Bertz CT molecular complexity index is 3220. The van der Waals surface area contributed by atoms with E-state index in [1.165, 1.54) is 104 Å². The number of anilines is 3. The van der Waals surface area contributed by atoms with E-state index in [2.05, 4.69) is 21.3 Å². The second kappa shape index (κ2) is 21.0. The molecule has 7 N–H and O–H groups in total. The van der Waals surface area contributed by atoms with Crippen molar-refractivity contribution in [1.29, 1.82) is 0 Å². The average molecular weight is 943 g/mol. The SMILES string of the molecule is CNC(=O)c1cc(-c2ccc(C(=O)O)c(C(=O)Nc3ccc(NC(=O)c4cc(Oc5ccc(C(=O)O)c(C(=O)Nc6ccc(Oc7ccc(C)cc7)cc6)c5)ccc4OC=O)cc3)c2)ccc1C(=O)O. The third-order valence-corrected chi connectivity index (χ3v) is 10.4. The van der Waals surface area contributed by atoms with E-state index in [-0.39, 0.29) is 74.0 Å². The maximum Gasteiger partial charge on any atom is 0.336 e. The molecule has 0 aliphatic heterocycles. The number of benzene rings is 7. The summed E-state index contributed by atoms with van der Waals surface area (Å²) in [4.78, 5) is 100. The molecular weight excluding hydrogens is 905 g/mol. The van der Waals surface area contributed by atoms with Crippen molar-refractivity contribution >= 4 is 65.1 Å². The Kier molecular flexibility index (Phi) is 14.4. The van der Waals surface area contributed by atoms with E-state index < -0.39 is 41.5 Å². The van der Waals surface area contributed by atoms with Crippen LogP contribution in [0.2, 0.25) is 0 Å². The van der Waals surface area contributed by atoms with E-state index >= 15 is 0 Å². The highest BCUT2D eigenvalue weighted by Crippen LogP contribution is 2.32. The quantitative estimate of drug-likeness (QED) is 0.0420. The van der Waals surface area contributed by atoms with Gasteiger partial charge in [-0.2, -0.15) is 0 Å². The van der Waals surface area contributed by atoms with Crippen LogP contribution in [0.5, 0.6) is 28.7 Å². The Morgan fingerprint density at radius 2 is 0.771 bits per heavy atom. The predicted molar refractivity (Wildman–Crippen MR) is 254 cm³/mol. The lowest BCUT2D eigenvalue weighted by Crippen LogP contribution is -2.21. The maximum atomic E-state index is 13.6. The van der Waals surface area contributed by atoms with Crippen molar-refractivity contribution in [1.82, 2.24) is 5.32 Å². The molecule has 18 nitrogen and oxygen atoms in total. The van der Waals surface area contributed by atoms with E-state index in [1.54, 1.807) is 24.3 Å². The van der Waals surface area contributed by atoms with Crippen molar-refractivity contribution in [2.24, 2.45) is 0 Å². The van der Waals surface area contributed by atoms with Crippen LogP contribution in [0.3, 0.4) is 0 Å². The largest absolute Gasteiger partial charge is 0.478 e. The molecule has 0 aliphatic carbocycles. The van der Waals surface area contributed by atoms with Gasteiger partial charge in [-0.15, -0.1) is 0 Å². The number of hydrogen-bond acceptors (Lipinski definition) is 11. The van der Waals surface area contributed by atoms with E-state index in [1.807, 2.05) is 31.2 Å². The lowest BCUT2D eigenvalue weighted by atomic mass is 9.95. The number of carboxylic acids is 3. The lowest BCUT2D eigenvalue weighted by molar-refractivity contribution is -0.120. The number of amides is 4. The van der Waals surface area contributed by atoms with Crippen molar-refractivity contribution in [2.45, 2.75) is 6.92 Å². The van der Waals surface area contributed by atoms with Crippen LogP contribution in [0.25, 0.3) is 11.1 Å². The zero-order valence-corrected chi connectivity index (χ0v) is 36.8. The van der Waals surface area contributed by atoms with Gasteiger partial charge in [0.1, 0.15) is 28.7 Å². The molecule has 0 unspecified atom stereocenters. The maximum absolute atomic E-state index is 13.6. The Balaban J connectivity index is 1.04. The second-order valence-electron chi connectivity index (χ2n) is 15.1. The van der Waals surface area contributed by atoms with Gasteiger partial charge in [0.25, 0.3) is 30.1 Å². The Morgan fingerprint density at radius 1 is 0.414 bits per heavy atom. The standard InChI is InChI=1S/C52H38N4O14/c1-28-3-13-34(14-4-28)69-35-15-11-33(12-16-35)55-48(60)43-25-36(17-21-40(43)52(66)67)70-37-18-22-45(68-27-57)44(26-37)49(61)56-32-9-7-31(8-10-32)54-47(59)42-24-30(6-20-39(42)51(64)65)29-5-19-38(50(62)63)41(23-29)46(58)53-2/h3-27H,1-2H3,(H,53,58)(H,54,59)(H,55,60)(H,56,61)(H,62,63)(H,64,65)(H,66,67). The normalized spacial score (nSPS) is 10.5. The molecule has 0 fully saturated rings. The highest BCUT2D eigenvalue weighted by molar-refractivity contribution is 6.13. The first-order chi connectivity index (χ1) is 33.6. The molecule has 0 heterocycles. The Morgan fingerprint density at radius 3 is 1.23 bits per heavy atom. The summed E-state index contributed by atoms with van der Waals surface area (Å²) in [6, 6.07) is 35.1. The molecule has 0 radical (unpaired) electrons. The lowest BCUT2D eigenvalue weighted by Gasteiger charge is -2.14. The molecule has 0 atom stereocenters. The highest BCUT2D eigenvalue weighted by atomic mass is 16.5. The van der Waals surface area contributed by atoms with Gasteiger partial charge in [-0.25, -0.2) is 14.4 Å². The number of nitrogens with one attached hydrogen (secondary N) is 4. The summed E-state index contributed by atoms with van der Waals surface area (Å²) in [5, 5.41) is 39.6. The molecular formula is C52H38N4O14. The molecule has 0 bridgehead atoms. The number of hydrogen-bond donors (Lipinski definition) is 7. The molecule has 350 valence electrons. The van der Waals surface area contributed by atoms with Gasteiger partial charge in [-0.1, -0.05) is 29.8 Å². The summed E-state index contributed by atoms with van der Waals surface area (Å²) in [7, 11) is 1.34. The molecule has 0 aromatic heterocycles. The minimum absolute atomic E-state index is 0.0248. The summed E-state index contributed by atoms with van der Waals surface area (Å²) in [6.45, 7) is 2.07. The number of ether oxygens (including phenoxy) is 3. The average Bonchev–Trinajstić information content (AvgIpc) is 3.35. The van der Waals surface area contributed by atoms with Gasteiger partial charge in [0.05, 0.1) is 38.9 Å². The summed E-state index contributed by atoms with van der Waals surface area (Å²) < 4.78 is 16.8. The minimum Gasteiger partial charge on any atom is -0.478 e. The Hall–Kier alpha value is -10.1. The molecule has 7 rings (SSSR count). The van der Waals surface area contributed by atoms with Crippen molar-refractivity contribution in [3.05, 3.63) is 190 Å². The fraction of sp³-hybridized carbons (Fsp3) is 0.0385. The van der Waals surface area contributed by atoms with Gasteiger partial charge in [0.2, 0.25) is 0 Å². The first-order valence-electron chi connectivity index (χ1n) is 20.8. The van der Waals surface area contributed by atoms with Crippen LogP contribution in [0.1, 0.15) is 78.1 Å². The number of aryl methyl sites for hydroxylation is 1. The van der Waals surface area contributed by atoms with Crippen molar-refractivity contribution in [2.75, 3.05) is 23.0 Å². The molecule has 7 aromatic carbocycles. The predicted octanol–water partition coefficient (Wildman–Crippen LogP) is 8.99. The highest BCUT2D eigenvalue weighted by Gasteiger charge is 2.23. The van der Waals surface area contributed by atoms with E-state index in [4.69, 9.17) is 14.2 Å². The smallest absolute Gasteiger partial charge is 0.336 e. The molecule has 0 spiro atoms. The number of rotatable bonds is 17. The summed E-state index contributed by atoms with van der Waals surface area (Å²) in [5.74, 6) is -6.08. The first-order valence-corrected chi connectivity index (χ1v) is 20.8. The van der Waals surface area contributed by atoms with Crippen LogP contribution in [0.4, 0.5) is 17.1 Å². The van der Waals surface area contributed by atoms with E-state index in [9.17, 15) is 53.7 Å². The molecule has 0 saturated heterocycles. The first kappa shape index (κ1) is 47.9. The molecule has 18 heteroatoms. The number of aromatic carboxylic acids is 3. The van der Waals surface area contributed by atoms with Crippen molar-refractivity contribution < 1.29 is 67.9 Å². The van der Waals surface area contributed by atoms with Gasteiger partial charge < -0.3 is 50.8 Å². The second-order valence-corrected chi connectivity index (χ2v) is 15.1. The van der Waals surface area contributed by atoms with Gasteiger partial charge in [-0.05, 0) is 139 Å². The third-order valence-electron chi connectivity index (χ3n) is 10.4. The number of carbonyl (C=O) groups excluding carboxylic acids is 5. The van der Waals surface area contributed by atoms with Crippen LogP contribution in [0, 0.1) is 6.92 Å². The van der Waals surface area contributed by atoms with Gasteiger partial charge in [0, 0.05) is 24.1 Å². The number of carboxylic acid groups (broad SMARTS) is 3. The fourth-order valence-electron chi connectivity index (χ4n) is 6.91. The van der Waals surface area contributed by atoms with Gasteiger partial charge in [0.15, 0.2) is 0 Å². The zero-order chi connectivity index (χ0) is 50.1. The Labute approximate surface area is 397 Å². The van der Waals surface area contributed by atoms with Crippen LogP contribution in [0.15, 0.2) is 146 Å². The molecule has 4 amide bonds. The van der Waals surface area contributed by atoms with Gasteiger partial charge in [-0.3, -0.25) is 24.0 Å². The van der Waals surface area contributed by atoms with Crippen LogP contribution < -0.4 is 35.5 Å². The summed E-state index contributed by atoms with van der Waals surface area (Å²) >= 11 is 0. The molecule has 7 aromatic rings. The summed E-state index contributed by atoms with van der Waals surface area (Å²) in [6.07, 6.45) is 0. The van der Waals surface area contributed by atoms with E-state index in [0.29, 0.717) is 28.3 Å². The molecule has 0 aliphatic rings. The molecule has 70 heavy (non-hydrogen) atoms. The minimum atomic E-state index is -1.40. The fourth-order valence-corrected chi connectivity index (χ4v) is 6.91. The number of carbonyl (C=O) groups is 8. The van der Waals surface area contributed by atoms with Gasteiger partial charge >= 0.3 is 17.9 Å². The monoisotopic (exact) mass is 942 g/mol. The van der Waals surface area contributed by atoms with Crippen LogP contribution in [-0.4, -0.2) is 70.4 Å². The van der Waals surface area contributed by atoms with E-state index in [0.717, 1.165) is 5.56 Å². The summed E-state index contributed by atoms with van der Waals surface area (Å²) in [5.41, 5.74) is 0.764. The van der Waals surface area contributed by atoms with Crippen molar-refractivity contribution in [3.63, 3.8) is 0 Å².